The zero-order valence-electron chi connectivity index (χ0n) is 12.0. The summed E-state index contributed by atoms with van der Waals surface area (Å²) >= 11 is 5.83. The van der Waals surface area contributed by atoms with Crippen LogP contribution < -0.4 is 14.2 Å². The molecule has 0 spiro atoms. The van der Waals surface area contributed by atoms with Crippen LogP contribution in [0, 0.1) is 6.92 Å². The molecular formula is C15H16ClNO3S. The zero-order valence-corrected chi connectivity index (χ0v) is 13.5. The van der Waals surface area contributed by atoms with Crippen molar-refractivity contribution in [2.45, 2.75) is 11.8 Å². The van der Waals surface area contributed by atoms with Crippen LogP contribution >= 0.6 is 11.6 Å². The topological polar surface area (TPSA) is 47.6 Å². The molecular weight excluding hydrogens is 310 g/mol. The number of rotatable bonds is 5. The normalized spacial score (nSPS) is 11.8. The van der Waals surface area contributed by atoms with E-state index in [0.29, 0.717) is 27.1 Å². The predicted molar refractivity (Wildman–Crippen MR) is 85.8 cm³/mol. The number of hydrogen-bond acceptors (Lipinski definition) is 3. The summed E-state index contributed by atoms with van der Waals surface area (Å²) in [5, 5.41) is 0.629. The van der Waals surface area contributed by atoms with E-state index >= 15 is 0 Å². The molecule has 0 aliphatic heterocycles. The summed E-state index contributed by atoms with van der Waals surface area (Å²) in [6, 6.07) is 10.5. The van der Waals surface area contributed by atoms with Gasteiger partial charge in [0, 0.05) is 16.3 Å². The van der Waals surface area contributed by atoms with Gasteiger partial charge in [-0.25, -0.2) is 4.21 Å². The smallest absolute Gasteiger partial charge is 0.154 e. The Morgan fingerprint density at radius 2 is 1.71 bits per heavy atom. The molecule has 0 aliphatic carbocycles. The zero-order chi connectivity index (χ0) is 15.4. The van der Waals surface area contributed by atoms with Gasteiger partial charge in [0.15, 0.2) is 11.0 Å². The van der Waals surface area contributed by atoms with Crippen LogP contribution in [-0.4, -0.2) is 18.4 Å². The van der Waals surface area contributed by atoms with Gasteiger partial charge in [0.2, 0.25) is 0 Å². The molecule has 0 bridgehead atoms. The first kappa shape index (κ1) is 15.7. The van der Waals surface area contributed by atoms with Crippen LogP contribution in [-0.2, 0) is 11.0 Å². The summed E-state index contributed by atoms with van der Waals surface area (Å²) < 4.78 is 26.0. The molecule has 2 aromatic rings. The minimum atomic E-state index is -1.45. The van der Waals surface area contributed by atoms with Crippen molar-refractivity contribution in [3.8, 4) is 11.5 Å². The van der Waals surface area contributed by atoms with E-state index < -0.39 is 11.0 Å². The quantitative estimate of drug-likeness (QED) is 0.909. The first-order valence-electron chi connectivity index (χ1n) is 6.22. The molecule has 2 aromatic carbocycles. The summed E-state index contributed by atoms with van der Waals surface area (Å²) in [6.07, 6.45) is 0. The van der Waals surface area contributed by atoms with E-state index in [4.69, 9.17) is 21.1 Å². The minimum absolute atomic E-state index is 0.550. The Morgan fingerprint density at radius 3 is 2.29 bits per heavy atom. The molecule has 1 atom stereocenters. The number of nitrogens with one attached hydrogen (secondary N) is 1. The predicted octanol–water partition coefficient (Wildman–Crippen LogP) is 3.80. The molecule has 21 heavy (non-hydrogen) atoms. The maximum absolute atomic E-state index is 12.5. The first-order valence-corrected chi connectivity index (χ1v) is 7.75. The maximum atomic E-state index is 12.5. The summed E-state index contributed by atoms with van der Waals surface area (Å²) in [6.45, 7) is 1.86. The number of benzene rings is 2. The molecule has 0 aliphatic rings. The van der Waals surface area contributed by atoms with Crippen molar-refractivity contribution in [3.63, 3.8) is 0 Å². The Bertz CT molecular complexity index is 659. The van der Waals surface area contributed by atoms with Gasteiger partial charge in [0.05, 0.1) is 14.2 Å². The third kappa shape index (κ3) is 3.49. The van der Waals surface area contributed by atoms with E-state index in [-0.39, 0.29) is 0 Å². The van der Waals surface area contributed by atoms with Crippen molar-refractivity contribution in [1.29, 1.82) is 0 Å². The standard InChI is InChI=1S/C15H16ClNO3S/c1-10-13(19-2)8-9-14(15(10)20-3)21(18)17-12-6-4-11(16)5-7-12/h4-9,17H,1-3H3/t21-/m0/s1. The number of hydrogen-bond donors (Lipinski definition) is 1. The Hall–Kier alpha value is -1.72. The lowest BCUT2D eigenvalue weighted by Crippen LogP contribution is -2.07. The first-order chi connectivity index (χ1) is 10.1. The maximum Gasteiger partial charge on any atom is 0.154 e. The fourth-order valence-corrected chi connectivity index (χ4v) is 3.13. The van der Waals surface area contributed by atoms with E-state index in [1.165, 1.54) is 0 Å². The molecule has 0 fully saturated rings. The molecule has 4 nitrogen and oxygen atoms in total. The van der Waals surface area contributed by atoms with E-state index in [1.54, 1.807) is 50.6 Å². The average Bonchev–Trinajstić information content (AvgIpc) is 2.49. The highest BCUT2D eigenvalue weighted by atomic mass is 35.5. The van der Waals surface area contributed by atoms with Crippen molar-refractivity contribution in [3.05, 3.63) is 47.0 Å². The largest absolute Gasteiger partial charge is 0.496 e. The number of ether oxygens (including phenoxy) is 2. The molecule has 0 heterocycles. The van der Waals surface area contributed by atoms with Crippen molar-refractivity contribution in [1.82, 2.24) is 0 Å². The summed E-state index contributed by atoms with van der Waals surface area (Å²) in [5.74, 6) is 1.24. The van der Waals surface area contributed by atoms with Crippen LogP contribution in [0.25, 0.3) is 0 Å². The third-order valence-electron chi connectivity index (χ3n) is 3.00. The van der Waals surface area contributed by atoms with Crippen molar-refractivity contribution in [2.24, 2.45) is 0 Å². The minimum Gasteiger partial charge on any atom is -0.496 e. The summed E-state index contributed by atoms with van der Waals surface area (Å²) in [4.78, 5) is 0.561. The Kier molecular flexibility index (Phi) is 5.09. The van der Waals surface area contributed by atoms with E-state index in [0.717, 1.165) is 5.56 Å². The second-order valence-corrected chi connectivity index (χ2v) is 5.92. The average molecular weight is 326 g/mol. The Morgan fingerprint density at radius 1 is 1.05 bits per heavy atom. The second-order valence-electron chi connectivity index (χ2n) is 4.30. The number of anilines is 1. The van der Waals surface area contributed by atoms with Gasteiger partial charge in [-0.05, 0) is 43.3 Å². The molecule has 0 saturated heterocycles. The fourth-order valence-electron chi connectivity index (χ4n) is 1.95. The van der Waals surface area contributed by atoms with Crippen LogP contribution in [0.2, 0.25) is 5.02 Å². The lowest BCUT2D eigenvalue weighted by Gasteiger charge is -2.14. The van der Waals surface area contributed by atoms with Crippen molar-refractivity contribution < 1.29 is 13.7 Å². The third-order valence-corrected chi connectivity index (χ3v) is 4.39. The molecule has 0 amide bonds. The van der Waals surface area contributed by atoms with Gasteiger partial charge < -0.3 is 14.2 Å². The highest BCUT2D eigenvalue weighted by Gasteiger charge is 2.16. The highest BCUT2D eigenvalue weighted by molar-refractivity contribution is 7.86. The van der Waals surface area contributed by atoms with E-state index in [1.807, 2.05) is 6.92 Å². The van der Waals surface area contributed by atoms with Crippen molar-refractivity contribution in [2.75, 3.05) is 18.9 Å². The molecule has 0 saturated carbocycles. The molecule has 2 rings (SSSR count). The molecule has 0 radical (unpaired) electrons. The van der Waals surface area contributed by atoms with Crippen LogP contribution in [0.5, 0.6) is 11.5 Å². The van der Waals surface area contributed by atoms with Gasteiger partial charge in [-0.2, -0.15) is 0 Å². The van der Waals surface area contributed by atoms with Gasteiger partial charge >= 0.3 is 0 Å². The lowest BCUT2D eigenvalue weighted by atomic mass is 10.2. The number of methoxy groups -OCH3 is 2. The molecule has 112 valence electrons. The van der Waals surface area contributed by atoms with Crippen molar-refractivity contribution >= 4 is 28.3 Å². The van der Waals surface area contributed by atoms with E-state index in [9.17, 15) is 4.21 Å². The molecule has 1 N–H and O–H groups in total. The summed E-state index contributed by atoms with van der Waals surface area (Å²) in [7, 11) is 1.69. The second kappa shape index (κ2) is 6.83. The SMILES string of the molecule is COc1ccc([S@](=O)Nc2ccc(Cl)cc2)c(OC)c1C. The van der Waals surface area contributed by atoms with Gasteiger partial charge in [-0.15, -0.1) is 0 Å². The summed E-state index contributed by atoms with van der Waals surface area (Å²) in [5.41, 5.74) is 1.53. The molecule has 6 heteroatoms. The van der Waals surface area contributed by atoms with Gasteiger partial charge in [-0.1, -0.05) is 11.6 Å². The van der Waals surface area contributed by atoms with Crippen LogP contribution in [0.3, 0.4) is 0 Å². The van der Waals surface area contributed by atoms with Gasteiger partial charge in [0.25, 0.3) is 0 Å². The van der Waals surface area contributed by atoms with E-state index in [2.05, 4.69) is 4.72 Å². The Balaban J connectivity index is 2.30. The van der Waals surface area contributed by atoms with Crippen LogP contribution in [0.1, 0.15) is 5.56 Å². The van der Waals surface area contributed by atoms with Gasteiger partial charge in [0.1, 0.15) is 16.4 Å². The molecule has 0 unspecified atom stereocenters. The monoisotopic (exact) mass is 325 g/mol. The fraction of sp³-hybridized carbons (Fsp3) is 0.200. The Labute approximate surface area is 131 Å². The lowest BCUT2D eigenvalue weighted by molar-refractivity contribution is 0.381. The highest BCUT2D eigenvalue weighted by Crippen LogP contribution is 2.33. The van der Waals surface area contributed by atoms with Crippen LogP contribution in [0.15, 0.2) is 41.3 Å². The van der Waals surface area contributed by atoms with Crippen LogP contribution in [0.4, 0.5) is 5.69 Å². The van der Waals surface area contributed by atoms with Gasteiger partial charge in [-0.3, -0.25) is 0 Å². The number of halogens is 1. The molecule has 0 aromatic heterocycles.